The van der Waals surface area contributed by atoms with Gasteiger partial charge in [0.2, 0.25) is 11.6 Å². The third kappa shape index (κ3) is 5.13. The van der Waals surface area contributed by atoms with Gasteiger partial charge in [-0.15, -0.1) is 0 Å². The fraction of sp³-hybridized carbons (Fsp3) is 0.125. The number of fused-ring (bicyclic) bond motifs is 1. The lowest BCUT2D eigenvalue weighted by atomic mass is 10.1. The number of nitrogens with one attached hydrogen (secondary N) is 2. The number of aromatic nitrogens is 6. The minimum Gasteiger partial charge on any atom is -0.313 e. The summed E-state index contributed by atoms with van der Waals surface area (Å²) in [6, 6.07) is 14.8. The highest BCUT2D eigenvalue weighted by molar-refractivity contribution is 6.42. The topological polar surface area (TPSA) is 106 Å². The standard InChI is InChI=1S/C24H17Cl2F3N8O/c1-36-19-10-17(25)18(26)11-20(19)37(23(36)30-16-8-6-15(7-9-16)24(27,28)29)12-13-2-4-14(5-3-13)21(38)31-22-32-34-35-33-22/h2-11H,12H2,1H3,(H2,31,32,33,34,35,38). The number of hydrogen-bond acceptors (Lipinski definition) is 5. The van der Waals surface area contributed by atoms with Crippen molar-refractivity contribution in [3.05, 3.63) is 93.0 Å². The number of carbonyl (C=O) groups is 1. The van der Waals surface area contributed by atoms with Crippen LogP contribution in [0.1, 0.15) is 21.5 Å². The number of amides is 1. The first kappa shape index (κ1) is 25.5. The summed E-state index contributed by atoms with van der Waals surface area (Å²) in [5, 5.41) is 16.1. The maximum atomic E-state index is 13.0. The van der Waals surface area contributed by atoms with Crippen molar-refractivity contribution in [2.24, 2.45) is 12.0 Å². The Morgan fingerprint density at radius 3 is 2.29 bits per heavy atom. The van der Waals surface area contributed by atoms with Gasteiger partial charge in [-0.25, -0.2) is 10.1 Å². The minimum atomic E-state index is -4.44. The number of anilines is 1. The number of rotatable bonds is 5. The molecule has 0 aliphatic rings. The number of H-pyrrole nitrogens is 1. The van der Waals surface area contributed by atoms with Crippen molar-refractivity contribution in [3.8, 4) is 0 Å². The van der Waals surface area contributed by atoms with Crippen LogP contribution in [-0.2, 0) is 19.8 Å². The molecule has 0 aliphatic carbocycles. The first-order chi connectivity index (χ1) is 18.1. The van der Waals surface area contributed by atoms with Crippen LogP contribution in [0.4, 0.5) is 24.8 Å². The van der Waals surface area contributed by atoms with Crippen molar-refractivity contribution in [2.75, 3.05) is 5.32 Å². The highest BCUT2D eigenvalue weighted by atomic mass is 35.5. The first-order valence-electron chi connectivity index (χ1n) is 11.0. The van der Waals surface area contributed by atoms with E-state index in [1.165, 1.54) is 12.1 Å². The van der Waals surface area contributed by atoms with Gasteiger partial charge in [0.25, 0.3) is 5.91 Å². The van der Waals surface area contributed by atoms with Crippen LogP contribution < -0.4 is 10.9 Å². The van der Waals surface area contributed by atoms with Gasteiger partial charge in [-0.05, 0) is 64.5 Å². The average Bonchev–Trinajstić information content (AvgIpc) is 3.47. The number of halogens is 5. The van der Waals surface area contributed by atoms with E-state index in [1.54, 1.807) is 48.0 Å². The number of tetrazole rings is 1. The van der Waals surface area contributed by atoms with Crippen LogP contribution in [0, 0.1) is 0 Å². The lowest BCUT2D eigenvalue weighted by molar-refractivity contribution is -0.137. The van der Waals surface area contributed by atoms with Crippen LogP contribution in [-0.4, -0.2) is 35.7 Å². The molecule has 5 rings (SSSR count). The fourth-order valence-corrected chi connectivity index (χ4v) is 4.19. The van der Waals surface area contributed by atoms with Crippen LogP contribution in [0.5, 0.6) is 0 Å². The summed E-state index contributed by atoms with van der Waals surface area (Å²) in [6.45, 7) is 0.322. The van der Waals surface area contributed by atoms with Crippen molar-refractivity contribution in [2.45, 2.75) is 12.7 Å². The van der Waals surface area contributed by atoms with Gasteiger partial charge in [0, 0.05) is 12.6 Å². The molecule has 38 heavy (non-hydrogen) atoms. The van der Waals surface area contributed by atoms with E-state index in [2.05, 4.69) is 30.9 Å². The molecule has 9 nitrogen and oxygen atoms in total. The molecule has 0 radical (unpaired) electrons. The molecule has 0 saturated carbocycles. The zero-order chi connectivity index (χ0) is 27.0. The third-order valence-corrected chi connectivity index (χ3v) is 6.49. The molecule has 0 fully saturated rings. The normalized spacial score (nSPS) is 12.3. The third-order valence-electron chi connectivity index (χ3n) is 5.77. The lowest BCUT2D eigenvalue weighted by Gasteiger charge is -2.08. The van der Waals surface area contributed by atoms with E-state index < -0.39 is 17.6 Å². The second-order valence-corrected chi connectivity index (χ2v) is 9.07. The molecule has 14 heteroatoms. The molecular formula is C24H17Cl2F3N8O. The van der Waals surface area contributed by atoms with Gasteiger partial charge < -0.3 is 9.13 Å². The molecule has 1 amide bonds. The Morgan fingerprint density at radius 2 is 1.68 bits per heavy atom. The Bertz CT molecular complexity index is 1690. The second kappa shape index (κ2) is 9.95. The zero-order valence-electron chi connectivity index (χ0n) is 19.5. The molecule has 0 saturated heterocycles. The molecule has 0 bridgehead atoms. The van der Waals surface area contributed by atoms with Gasteiger partial charge in [-0.1, -0.05) is 40.4 Å². The number of alkyl halides is 3. The first-order valence-corrected chi connectivity index (χ1v) is 11.8. The number of hydrogen-bond donors (Lipinski definition) is 2. The van der Waals surface area contributed by atoms with Crippen molar-refractivity contribution in [1.82, 2.24) is 29.8 Å². The van der Waals surface area contributed by atoms with Gasteiger partial charge in [-0.2, -0.15) is 13.2 Å². The van der Waals surface area contributed by atoms with Gasteiger partial charge >= 0.3 is 6.18 Å². The smallest absolute Gasteiger partial charge is 0.313 e. The average molecular weight is 561 g/mol. The van der Waals surface area contributed by atoms with Crippen LogP contribution in [0.2, 0.25) is 10.0 Å². The number of carbonyl (C=O) groups excluding carboxylic acids is 1. The number of nitrogens with zero attached hydrogens (tertiary/aromatic N) is 6. The number of aryl methyl sites for hydroxylation is 1. The van der Waals surface area contributed by atoms with Crippen molar-refractivity contribution < 1.29 is 18.0 Å². The van der Waals surface area contributed by atoms with E-state index in [-0.39, 0.29) is 5.95 Å². The van der Waals surface area contributed by atoms with Gasteiger partial charge in [-0.3, -0.25) is 10.1 Å². The highest BCUT2D eigenvalue weighted by Gasteiger charge is 2.30. The number of aromatic amines is 1. The number of imidazole rings is 1. The summed E-state index contributed by atoms with van der Waals surface area (Å²) in [6.07, 6.45) is -4.44. The summed E-state index contributed by atoms with van der Waals surface area (Å²) in [5.74, 6) is -0.275. The van der Waals surface area contributed by atoms with E-state index >= 15 is 0 Å². The minimum absolute atomic E-state index is 0.121. The van der Waals surface area contributed by atoms with E-state index in [9.17, 15) is 18.0 Å². The van der Waals surface area contributed by atoms with Crippen LogP contribution in [0.25, 0.3) is 11.0 Å². The zero-order valence-corrected chi connectivity index (χ0v) is 21.0. The summed E-state index contributed by atoms with van der Waals surface area (Å²) in [7, 11) is 1.78. The Balaban J connectivity index is 1.54. The van der Waals surface area contributed by atoms with E-state index in [4.69, 9.17) is 23.2 Å². The monoisotopic (exact) mass is 560 g/mol. The fourth-order valence-electron chi connectivity index (χ4n) is 3.87. The molecule has 0 atom stereocenters. The molecule has 2 N–H and O–H groups in total. The Labute approximate surface area is 222 Å². The lowest BCUT2D eigenvalue weighted by Crippen LogP contribution is -2.24. The molecule has 5 aromatic rings. The van der Waals surface area contributed by atoms with Crippen LogP contribution in [0.15, 0.2) is 65.7 Å². The quantitative estimate of drug-likeness (QED) is 0.302. The Morgan fingerprint density at radius 1 is 1.03 bits per heavy atom. The summed E-state index contributed by atoms with van der Waals surface area (Å²) in [5.41, 5.74) is 2.69. The summed E-state index contributed by atoms with van der Waals surface area (Å²) < 4.78 is 42.7. The maximum Gasteiger partial charge on any atom is 0.416 e. The molecule has 0 unspecified atom stereocenters. The van der Waals surface area contributed by atoms with Crippen molar-refractivity contribution >= 4 is 51.8 Å². The Kier molecular flexibility index (Phi) is 6.67. The second-order valence-electron chi connectivity index (χ2n) is 8.26. The SMILES string of the molecule is Cn1c(=Nc2ccc(C(F)(F)F)cc2)n(Cc2ccc(C(=O)Nc3nnn[nH]3)cc2)c2cc(Cl)c(Cl)cc21. The van der Waals surface area contributed by atoms with Crippen molar-refractivity contribution in [1.29, 1.82) is 0 Å². The van der Waals surface area contributed by atoms with Gasteiger partial charge in [0.05, 0.1) is 38.9 Å². The molecular weight excluding hydrogens is 544 g/mol. The van der Waals surface area contributed by atoms with E-state index in [1.807, 2.05) is 4.57 Å². The Hall–Kier alpha value is -4.16. The maximum absolute atomic E-state index is 13.0. The predicted molar refractivity (Wildman–Crippen MR) is 135 cm³/mol. The van der Waals surface area contributed by atoms with E-state index in [0.29, 0.717) is 39.0 Å². The highest BCUT2D eigenvalue weighted by Crippen LogP contribution is 2.31. The molecule has 194 valence electrons. The van der Waals surface area contributed by atoms with Crippen LogP contribution in [0.3, 0.4) is 0 Å². The molecule has 2 aromatic heterocycles. The predicted octanol–water partition coefficient (Wildman–Crippen LogP) is 5.35. The van der Waals surface area contributed by atoms with Crippen molar-refractivity contribution in [3.63, 3.8) is 0 Å². The molecule has 0 aliphatic heterocycles. The molecule has 0 spiro atoms. The van der Waals surface area contributed by atoms with Crippen LogP contribution >= 0.6 is 23.2 Å². The van der Waals surface area contributed by atoms with E-state index in [0.717, 1.165) is 23.2 Å². The largest absolute Gasteiger partial charge is 0.416 e. The van der Waals surface area contributed by atoms with Gasteiger partial charge in [0.1, 0.15) is 0 Å². The van der Waals surface area contributed by atoms with Gasteiger partial charge in [0.15, 0.2) is 0 Å². The summed E-state index contributed by atoms with van der Waals surface area (Å²) in [4.78, 5) is 17.1. The summed E-state index contributed by atoms with van der Waals surface area (Å²) >= 11 is 12.6. The molecule has 2 heterocycles. The number of benzene rings is 3. The molecule has 3 aromatic carbocycles.